The number of rotatable bonds is 9. The molecule has 0 unspecified atom stereocenters. The number of sulfonamides is 1. The molecule has 3 aromatic carbocycles. The van der Waals surface area contributed by atoms with E-state index in [0.717, 1.165) is 10.4 Å². The highest BCUT2D eigenvalue weighted by molar-refractivity contribution is 7.92. The van der Waals surface area contributed by atoms with Crippen molar-refractivity contribution in [1.82, 2.24) is 5.32 Å². The lowest BCUT2D eigenvalue weighted by molar-refractivity contribution is -0.120. The molecule has 7 nitrogen and oxygen atoms in total. The molecule has 9 heteroatoms. The summed E-state index contributed by atoms with van der Waals surface area (Å²) in [5.41, 5.74) is 0.427. The van der Waals surface area contributed by atoms with Crippen LogP contribution in [0.4, 0.5) is 10.1 Å². The zero-order valence-electron chi connectivity index (χ0n) is 18.5. The Morgan fingerprint density at radius 2 is 1.67 bits per heavy atom. The maximum atomic E-state index is 14.6. The number of carbonyl (C=O) groups excluding carboxylic acids is 1. The number of anilines is 1. The molecule has 0 spiro atoms. The molecular formula is C24H25FN2O5S. The van der Waals surface area contributed by atoms with Crippen molar-refractivity contribution in [2.45, 2.75) is 17.9 Å². The SMILES string of the molecule is COc1ccc(OC)c([C@@H](C)NC(=O)CN(c2ccccc2F)S(=O)(=O)c2ccccc2)c1. The van der Waals surface area contributed by atoms with Gasteiger partial charge in [-0.05, 0) is 49.4 Å². The molecule has 0 aromatic heterocycles. The number of carbonyl (C=O) groups is 1. The van der Waals surface area contributed by atoms with Crippen LogP contribution in [0.1, 0.15) is 18.5 Å². The maximum Gasteiger partial charge on any atom is 0.264 e. The third kappa shape index (κ3) is 5.43. The second-order valence-electron chi connectivity index (χ2n) is 7.17. The van der Waals surface area contributed by atoms with Gasteiger partial charge in [-0.3, -0.25) is 9.10 Å². The van der Waals surface area contributed by atoms with E-state index in [2.05, 4.69) is 5.32 Å². The summed E-state index contributed by atoms with van der Waals surface area (Å²) in [7, 11) is -1.18. The van der Waals surface area contributed by atoms with E-state index in [1.807, 2.05) is 0 Å². The van der Waals surface area contributed by atoms with Crippen LogP contribution in [0, 0.1) is 5.82 Å². The monoisotopic (exact) mass is 472 g/mol. The zero-order valence-corrected chi connectivity index (χ0v) is 19.3. The highest BCUT2D eigenvalue weighted by Crippen LogP contribution is 2.30. The van der Waals surface area contributed by atoms with Crippen LogP contribution < -0.4 is 19.1 Å². The Labute approximate surface area is 192 Å². The van der Waals surface area contributed by atoms with E-state index in [0.29, 0.717) is 17.1 Å². The largest absolute Gasteiger partial charge is 0.497 e. The van der Waals surface area contributed by atoms with Gasteiger partial charge in [0.2, 0.25) is 5.91 Å². The predicted octanol–water partition coefficient (Wildman–Crippen LogP) is 3.92. The van der Waals surface area contributed by atoms with Crippen LogP contribution in [0.15, 0.2) is 77.7 Å². The maximum absolute atomic E-state index is 14.6. The summed E-state index contributed by atoms with van der Waals surface area (Å²) in [6, 6.07) is 17.6. The molecule has 3 rings (SSSR count). The van der Waals surface area contributed by atoms with E-state index in [4.69, 9.17) is 9.47 Å². The van der Waals surface area contributed by atoms with Crippen LogP contribution in [-0.2, 0) is 14.8 Å². The van der Waals surface area contributed by atoms with Crippen molar-refractivity contribution in [3.8, 4) is 11.5 Å². The number of ether oxygens (including phenoxy) is 2. The van der Waals surface area contributed by atoms with Gasteiger partial charge in [0.25, 0.3) is 10.0 Å². The predicted molar refractivity (Wildman–Crippen MR) is 123 cm³/mol. The van der Waals surface area contributed by atoms with Gasteiger partial charge in [0, 0.05) is 5.56 Å². The Kier molecular flexibility index (Phi) is 7.55. The molecule has 3 aromatic rings. The zero-order chi connectivity index (χ0) is 24.0. The number of para-hydroxylation sites is 1. The molecule has 174 valence electrons. The second kappa shape index (κ2) is 10.4. The Bertz CT molecular complexity index is 1220. The van der Waals surface area contributed by atoms with Crippen molar-refractivity contribution in [1.29, 1.82) is 0 Å². The Balaban J connectivity index is 1.91. The topological polar surface area (TPSA) is 84.9 Å². The standard InChI is InChI=1S/C24H25FN2O5S/c1-17(20-15-18(31-2)13-14-23(20)32-3)26-24(28)16-27(22-12-8-7-11-21(22)25)33(29,30)19-9-5-4-6-10-19/h4-15,17H,16H2,1-3H3,(H,26,28)/t17-/m1/s1. The summed E-state index contributed by atoms with van der Waals surface area (Å²) in [6.45, 7) is 1.11. The van der Waals surface area contributed by atoms with Crippen molar-refractivity contribution in [2.24, 2.45) is 0 Å². The number of nitrogens with one attached hydrogen (secondary N) is 1. The average Bonchev–Trinajstić information content (AvgIpc) is 2.83. The average molecular weight is 473 g/mol. The summed E-state index contributed by atoms with van der Waals surface area (Å²) in [5.74, 6) is -0.263. The lowest BCUT2D eigenvalue weighted by Crippen LogP contribution is -2.42. The van der Waals surface area contributed by atoms with Gasteiger partial charge in [0.1, 0.15) is 23.9 Å². The quantitative estimate of drug-likeness (QED) is 0.510. The van der Waals surface area contributed by atoms with Gasteiger partial charge in [-0.25, -0.2) is 12.8 Å². The first-order valence-electron chi connectivity index (χ1n) is 10.1. The van der Waals surface area contributed by atoms with Crippen LogP contribution in [-0.4, -0.2) is 35.1 Å². The lowest BCUT2D eigenvalue weighted by Gasteiger charge is -2.25. The van der Waals surface area contributed by atoms with E-state index in [1.165, 1.54) is 44.6 Å². The van der Waals surface area contributed by atoms with Gasteiger partial charge >= 0.3 is 0 Å². The molecule has 1 N–H and O–H groups in total. The van der Waals surface area contributed by atoms with Crippen molar-refractivity contribution in [2.75, 3.05) is 25.1 Å². The van der Waals surface area contributed by atoms with Crippen molar-refractivity contribution in [3.63, 3.8) is 0 Å². The van der Waals surface area contributed by atoms with E-state index >= 15 is 0 Å². The minimum Gasteiger partial charge on any atom is -0.497 e. The highest BCUT2D eigenvalue weighted by Gasteiger charge is 2.29. The number of hydrogen-bond acceptors (Lipinski definition) is 5. The number of halogens is 1. The van der Waals surface area contributed by atoms with Crippen LogP contribution in [0.2, 0.25) is 0 Å². The molecule has 0 fully saturated rings. The molecule has 0 saturated carbocycles. The Hall–Kier alpha value is -3.59. The first-order chi connectivity index (χ1) is 15.8. The van der Waals surface area contributed by atoms with Gasteiger partial charge in [0.05, 0.1) is 30.8 Å². The summed E-state index contributed by atoms with van der Waals surface area (Å²) in [4.78, 5) is 12.9. The summed E-state index contributed by atoms with van der Waals surface area (Å²) >= 11 is 0. The molecule has 0 aliphatic rings. The van der Waals surface area contributed by atoms with Gasteiger partial charge < -0.3 is 14.8 Å². The van der Waals surface area contributed by atoms with Crippen LogP contribution in [0.3, 0.4) is 0 Å². The number of amides is 1. The fourth-order valence-electron chi connectivity index (χ4n) is 3.35. The first-order valence-corrected chi connectivity index (χ1v) is 11.6. The molecular weight excluding hydrogens is 447 g/mol. The minimum atomic E-state index is -4.21. The number of benzene rings is 3. The van der Waals surface area contributed by atoms with E-state index < -0.39 is 34.3 Å². The number of nitrogens with zero attached hydrogens (tertiary/aromatic N) is 1. The Morgan fingerprint density at radius 3 is 2.30 bits per heavy atom. The molecule has 0 radical (unpaired) electrons. The third-order valence-corrected chi connectivity index (χ3v) is 6.79. The fourth-order valence-corrected chi connectivity index (χ4v) is 4.80. The normalized spacial score (nSPS) is 12.0. The first kappa shape index (κ1) is 24.1. The van der Waals surface area contributed by atoms with Crippen molar-refractivity contribution >= 4 is 21.6 Å². The number of methoxy groups -OCH3 is 2. The third-order valence-electron chi connectivity index (χ3n) is 5.02. The smallest absolute Gasteiger partial charge is 0.264 e. The summed E-state index contributed by atoms with van der Waals surface area (Å²) in [5, 5.41) is 2.76. The van der Waals surface area contributed by atoms with Crippen LogP contribution in [0.5, 0.6) is 11.5 Å². The molecule has 0 saturated heterocycles. The van der Waals surface area contributed by atoms with Gasteiger partial charge in [-0.2, -0.15) is 0 Å². The molecule has 33 heavy (non-hydrogen) atoms. The molecule has 1 atom stereocenters. The van der Waals surface area contributed by atoms with E-state index in [9.17, 15) is 17.6 Å². The highest BCUT2D eigenvalue weighted by atomic mass is 32.2. The summed E-state index contributed by atoms with van der Waals surface area (Å²) < 4.78 is 52.6. The molecule has 0 aliphatic carbocycles. The minimum absolute atomic E-state index is 0.0523. The Morgan fingerprint density at radius 1 is 1.00 bits per heavy atom. The lowest BCUT2D eigenvalue weighted by atomic mass is 10.1. The van der Waals surface area contributed by atoms with Gasteiger partial charge in [-0.15, -0.1) is 0 Å². The molecule has 0 aliphatic heterocycles. The van der Waals surface area contributed by atoms with Gasteiger partial charge in [-0.1, -0.05) is 30.3 Å². The number of hydrogen-bond donors (Lipinski definition) is 1. The van der Waals surface area contributed by atoms with E-state index in [-0.39, 0.29) is 10.6 Å². The molecule has 0 heterocycles. The van der Waals surface area contributed by atoms with E-state index in [1.54, 1.807) is 43.3 Å². The fraction of sp³-hybridized carbons (Fsp3) is 0.208. The van der Waals surface area contributed by atoms with Gasteiger partial charge in [0.15, 0.2) is 0 Å². The van der Waals surface area contributed by atoms with Crippen LogP contribution >= 0.6 is 0 Å². The van der Waals surface area contributed by atoms with Crippen molar-refractivity contribution in [3.05, 3.63) is 84.2 Å². The molecule has 0 bridgehead atoms. The second-order valence-corrected chi connectivity index (χ2v) is 9.04. The van der Waals surface area contributed by atoms with Crippen molar-refractivity contribution < 1.29 is 27.1 Å². The van der Waals surface area contributed by atoms with Crippen LogP contribution in [0.25, 0.3) is 0 Å². The summed E-state index contributed by atoms with van der Waals surface area (Å²) in [6.07, 6.45) is 0. The molecule has 1 amide bonds.